The zero-order chi connectivity index (χ0) is 34.2. The monoisotopic (exact) mass is 676 g/mol. The molecule has 0 aliphatic carbocycles. The van der Waals surface area contributed by atoms with Gasteiger partial charge in [0.1, 0.15) is 5.78 Å². The highest BCUT2D eigenvalue weighted by Gasteiger charge is 2.46. The van der Waals surface area contributed by atoms with Crippen molar-refractivity contribution in [3.8, 4) is 0 Å². The summed E-state index contributed by atoms with van der Waals surface area (Å²) in [6.07, 6.45) is 10.7. The van der Waals surface area contributed by atoms with E-state index in [2.05, 4.69) is 68.7 Å². The fourth-order valence-corrected chi connectivity index (χ4v) is 8.97. The second-order valence-corrected chi connectivity index (χ2v) is 25.2. The molecule has 0 saturated carbocycles. The molecule has 5 atom stereocenters. The SMILES string of the molecule is CO/C=C/C1=C/C[C@@H](/C(C)=C/c2csc(C)n2)NC(=O)CC(O[Si](C)(C)C)C(C)(C)C(=O)C(C)C(O[Si](C)(C)C)C(C)CCC1. The number of aryl methyl sites for hydroxylation is 1. The van der Waals surface area contributed by atoms with Gasteiger partial charge in [0.2, 0.25) is 5.91 Å². The molecule has 0 bridgehead atoms. The summed E-state index contributed by atoms with van der Waals surface area (Å²) in [5.41, 5.74) is 2.18. The average Bonchev–Trinajstić information content (AvgIpc) is 3.32. The minimum Gasteiger partial charge on any atom is -0.504 e. The van der Waals surface area contributed by atoms with Crippen LogP contribution in [0.5, 0.6) is 0 Å². The van der Waals surface area contributed by atoms with Crippen LogP contribution >= 0.6 is 11.3 Å². The molecule has 1 aliphatic rings. The van der Waals surface area contributed by atoms with Gasteiger partial charge in [0.25, 0.3) is 0 Å². The number of carbonyl (C=O) groups excluding carboxylic acids is 2. The van der Waals surface area contributed by atoms with Crippen LogP contribution in [0.4, 0.5) is 0 Å². The van der Waals surface area contributed by atoms with Gasteiger partial charge in [-0.2, -0.15) is 0 Å². The first-order chi connectivity index (χ1) is 20.7. The van der Waals surface area contributed by atoms with Crippen molar-refractivity contribution in [3.63, 3.8) is 0 Å². The summed E-state index contributed by atoms with van der Waals surface area (Å²) in [4.78, 5) is 32.9. The molecule has 4 unspecified atom stereocenters. The Kier molecular flexibility index (Phi) is 14.7. The number of hydrogen-bond donors (Lipinski definition) is 1. The van der Waals surface area contributed by atoms with Crippen molar-refractivity contribution >= 4 is 45.7 Å². The Bertz CT molecular complexity index is 1230. The number of methoxy groups -OCH3 is 1. The van der Waals surface area contributed by atoms with Crippen LogP contribution in [0.2, 0.25) is 39.3 Å². The van der Waals surface area contributed by atoms with Gasteiger partial charge in [0, 0.05) is 16.7 Å². The molecule has 10 heteroatoms. The molecule has 1 aromatic heterocycles. The highest BCUT2D eigenvalue weighted by molar-refractivity contribution is 7.09. The molecule has 1 aromatic rings. The summed E-state index contributed by atoms with van der Waals surface area (Å²) in [6.45, 7) is 25.0. The lowest BCUT2D eigenvalue weighted by molar-refractivity contribution is -0.141. The number of ketones is 1. The molecular weight excluding hydrogens is 617 g/mol. The molecule has 0 fully saturated rings. The zero-order valence-electron chi connectivity index (χ0n) is 30.2. The Labute approximate surface area is 279 Å². The highest BCUT2D eigenvalue weighted by Crippen LogP contribution is 2.37. The van der Waals surface area contributed by atoms with Crippen LogP contribution in [-0.2, 0) is 23.2 Å². The number of Topliss-reactive ketones (excluding diaryl/α,β-unsaturated/α-hetero) is 1. The van der Waals surface area contributed by atoms with Gasteiger partial charge in [0.15, 0.2) is 16.6 Å². The molecule has 0 saturated heterocycles. The van der Waals surface area contributed by atoms with Gasteiger partial charge in [0.05, 0.1) is 48.7 Å². The minimum absolute atomic E-state index is 0.0934. The van der Waals surface area contributed by atoms with Crippen LogP contribution < -0.4 is 5.32 Å². The average molecular weight is 677 g/mol. The van der Waals surface area contributed by atoms with Crippen LogP contribution in [-0.4, -0.2) is 58.7 Å². The summed E-state index contributed by atoms with van der Waals surface area (Å²) in [5, 5.41) is 6.34. The number of nitrogens with zero attached hydrogens (tertiary/aromatic N) is 1. The van der Waals surface area contributed by atoms with Crippen molar-refractivity contribution in [3.05, 3.63) is 45.6 Å². The Hall–Kier alpha value is -1.86. The third-order valence-corrected chi connectivity index (χ3v) is 11.1. The Balaban J connectivity index is 2.62. The van der Waals surface area contributed by atoms with E-state index in [1.54, 1.807) is 24.7 Å². The zero-order valence-corrected chi connectivity index (χ0v) is 33.0. The van der Waals surface area contributed by atoms with Gasteiger partial charge in [-0.25, -0.2) is 4.98 Å². The lowest BCUT2D eigenvalue weighted by Crippen LogP contribution is -2.52. The first kappa shape index (κ1) is 39.3. The number of thiazole rings is 1. The molecule has 0 aromatic carbocycles. The molecule has 254 valence electrons. The van der Waals surface area contributed by atoms with Crippen LogP contribution in [0, 0.1) is 24.2 Å². The largest absolute Gasteiger partial charge is 0.504 e. The summed E-state index contributed by atoms with van der Waals surface area (Å²) in [6, 6.07) is -0.239. The maximum Gasteiger partial charge on any atom is 0.223 e. The minimum atomic E-state index is -2.12. The molecule has 2 heterocycles. The van der Waals surface area contributed by atoms with E-state index >= 15 is 0 Å². The van der Waals surface area contributed by atoms with E-state index in [0.717, 1.165) is 41.1 Å². The quantitative estimate of drug-likeness (QED) is 0.219. The van der Waals surface area contributed by atoms with Crippen molar-refractivity contribution in [2.45, 2.75) is 131 Å². The number of allylic oxidation sites excluding steroid dienone is 2. The molecule has 1 N–H and O–H groups in total. The van der Waals surface area contributed by atoms with Gasteiger partial charge < -0.3 is 18.9 Å². The molecule has 1 amide bonds. The number of aromatic nitrogens is 1. The van der Waals surface area contributed by atoms with E-state index in [1.807, 2.05) is 46.1 Å². The standard InChI is InChI=1S/C35H60N2O5SSi2/c1-24-15-14-16-28(19-20-40-7)17-18-30(25(2)21-29-23-43-27(4)36-29)37-32(38)22-31(41-44(8,9)10)35(5,6)34(39)26(3)33(24)42-45(11,12)13/h17,19-21,23-24,26,30-31,33H,14-16,18,22H2,1-13H3,(H,37,38)/b20-19+,25-21+,28-17+/t24?,26?,30-,31?,33?/m0/s1. The predicted molar refractivity (Wildman–Crippen MR) is 193 cm³/mol. The van der Waals surface area contributed by atoms with E-state index < -0.39 is 28.2 Å². The van der Waals surface area contributed by atoms with Crippen molar-refractivity contribution in [1.82, 2.24) is 10.3 Å². The lowest BCUT2D eigenvalue weighted by Gasteiger charge is -2.42. The van der Waals surface area contributed by atoms with E-state index in [-0.39, 0.29) is 42.1 Å². The second-order valence-electron chi connectivity index (χ2n) is 15.2. The first-order valence-corrected chi connectivity index (χ1v) is 24.1. The molecule has 0 spiro atoms. The molecular formula is C35H60N2O5SSi2. The number of ether oxygens (including phenoxy) is 1. The Morgan fingerprint density at radius 1 is 1.09 bits per heavy atom. The fraction of sp³-hybridized carbons (Fsp3) is 0.686. The smallest absolute Gasteiger partial charge is 0.223 e. The van der Waals surface area contributed by atoms with Gasteiger partial charge in [-0.3, -0.25) is 9.59 Å². The number of nitrogens with one attached hydrogen (secondary N) is 1. The molecule has 45 heavy (non-hydrogen) atoms. The maximum atomic E-state index is 14.4. The van der Waals surface area contributed by atoms with E-state index in [4.69, 9.17) is 13.6 Å². The van der Waals surface area contributed by atoms with Gasteiger partial charge in [-0.1, -0.05) is 33.8 Å². The van der Waals surface area contributed by atoms with Crippen molar-refractivity contribution < 1.29 is 23.2 Å². The van der Waals surface area contributed by atoms with Crippen LogP contribution in [0.15, 0.2) is 34.9 Å². The van der Waals surface area contributed by atoms with E-state index in [9.17, 15) is 9.59 Å². The second kappa shape index (κ2) is 16.8. The number of amides is 1. The third kappa shape index (κ3) is 13.0. The number of rotatable bonds is 8. The summed E-state index contributed by atoms with van der Waals surface area (Å²) in [5.74, 6) is -0.188. The van der Waals surface area contributed by atoms with Gasteiger partial charge >= 0.3 is 0 Å². The Morgan fingerprint density at radius 2 is 1.73 bits per heavy atom. The lowest BCUT2D eigenvalue weighted by atomic mass is 9.73. The van der Waals surface area contributed by atoms with Gasteiger partial charge in [-0.05, 0) is 108 Å². The molecule has 0 radical (unpaired) electrons. The fourth-order valence-electron chi connectivity index (χ4n) is 5.92. The predicted octanol–water partition coefficient (Wildman–Crippen LogP) is 8.70. The van der Waals surface area contributed by atoms with E-state index in [1.165, 1.54) is 0 Å². The number of hydrogen-bond acceptors (Lipinski definition) is 7. The van der Waals surface area contributed by atoms with E-state index in [0.29, 0.717) is 6.42 Å². The molecule has 7 nitrogen and oxygen atoms in total. The van der Waals surface area contributed by atoms with Crippen molar-refractivity contribution in [2.75, 3.05) is 7.11 Å². The van der Waals surface area contributed by atoms with Crippen LogP contribution in [0.3, 0.4) is 0 Å². The van der Waals surface area contributed by atoms with Crippen molar-refractivity contribution in [2.24, 2.45) is 17.3 Å². The molecule has 1 aliphatic heterocycles. The summed E-state index contributed by atoms with van der Waals surface area (Å²) < 4.78 is 18.7. The number of carbonyl (C=O) groups is 2. The van der Waals surface area contributed by atoms with Crippen LogP contribution in [0.25, 0.3) is 6.08 Å². The maximum absolute atomic E-state index is 14.4. The third-order valence-electron chi connectivity index (χ3n) is 8.32. The summed E-state index contributed by atoms with van der Waals surface area (Å²) in [7, 11) is -2.43. The van der Waals surface area contributed by atoms with Gasteiger partial charge in [-0.15, -0.1) is 11.3 Å². The Morgan fingerprint density at radius 3 is 2.29 bits per heavy atom. The van der Waals surface area contributed by atoms with Crippen molar-refractivity contribution in [1.29, 1.82) is 0 Å². The summed E-state index contributed by atoms with van der Waals surface area (Å²) >= 11 is 1.61. The highest BCUT2D eigenvalue weighted by atomic mass is 32.1. The normalized spacial score (nSPS) is 28.1. The first-order valence-electron chi connectivity index (χ1n) is 16.4. The topological polar surface area (TPSA) is 86.8 Å². The molecule has 2 rings (SSSR count). The van der Waals surface area contributed by atoms with Crippen LogP contribution in [0.1, 0.15) is 77.4 Å².